The second-order valence-electron chi connectivity index (χ2n) is 3.88. The molecule has 0 bridgehead atoms. The van der Waals surface area contributed by atoms with Crippen LogP contribution in [-0.2, 0) is 0 Å². The molecule has 0 saturated heterocycles. The third kappa shape index (κ3) is 3.68. The van der Waals surface area contributed by atoms with Crippen LogP contribution in [0, 0.1) is 11.6 Å². The molecule has 0 amide bonds. The Hall–Kier alpha value is -0.720. The summed E-state index contributed by atoms with van der Waals surface area (Å²) < 4.78 is 28.3. The minimum Gasteiger partial charge on any atom is -0.293 e. The number of thioether (sulfide) groups is 1. The fraction of sp³-hybridized carbons (Fsp3) is 0.0714. The highest BCUT2D eigenvalue weighted by molar-refractivity contribution is 9.10. The molecular formula is C14H8Br2F2OS. The van der Waals surface area contributed by atoms with Crippen molar-refractivity contribution < 1.29 is 13.6 Å². The van der Waals surface area contributed by atoms with E-state index in [0.29, 0.717) is 0 Å². The summed E-state index contributed by atoms with van der Waals surface area (Å²) in [5.74, 6) is -2.29. The second kappa shape index (κ2) is 6.83. The molecule has 0 aromatic heterocycles. The number of carbonyl (C=O) groups is 1. The Labute approximate surface area is 136 Å². The lowest BCUT2D eigenvalue weighted by molar-refractivity contribution is 0.101. The van der Waals surface area contributed by atoms with Crippen LogP contribution in [0.4, 0.5) is 8.78 Å². The van der Waals surface area contributed by atoms with Crippen LogP contribution in [0.5, 0.6) is 0 Å². The number of carbonyl (C=O) groups excluding carboxylic acids is 1. The largest absolute Gasteiger partial charge is 0.293 e. The van der Waals surface area contributed by atoms with Crippen LogP contribution in [0.2, 0.25) is 0 Å². The molecule has 0 fully saturated rings. The Morgan fingerprint density at radius 1 is 1.05 bits per heavy atom. The topological polar surface area (TPSA) is 17.1 Å². The molecule has 2 aromatic carbocycles. The lowest BCUT2D eigenvalue weighted by Crippen LogP contribution is -2.09. The van der Waals surface area contributed by atoms with E-state index >= 15 is 0 Å². The van der Waals surface area contributed by atoms with Crippen LogP contribution in [-0.4, -0.2) is 11.5 Å². The number of rotatable bonds is 4. The molecule has 2 aromatic rings. The molecule has 0 saturated carbocycles. The molecule has 0 spiro atoms. The van der Waals surface area contributed by atoms with Gasteiger partial charge in [0.2, 0.25) is 0 Å². The van der Waals surface area contributed by atoms with Gasteiger partial charge in [0.15, 0.2) is 11.6 Å². The van der Waals surface area contributed by atoms with Crippen molar-refractivity contribution in [3.8, 4) is 0 Å². The van der Waals surface area contributed by atoms with E-state index < -0.39 is 23.0 Å². The second-order valence-corrected chi connectivity index (χ2v) is 6.70. The standard InChI is InChI=1S/C14H8Br2F2OS/c15-8-1-3-9(4-2-8)20-7-12(19)13-11(17)6-5-10(16)14(13)18/h1-6H,7H2. The van der Waals surface area contributed by atoms with Crippen molar-refractivity contribution in [3.05, 3.63) is 62.5 Å². The number of halogens is 4. The Bertz CT molecular complexity index is 644. The molecule has 20 heavy (non-hydrogen) atoms. The van der Waals surface area contributed by atoms with Gasteiger partial charge in [0.1, 0.15) is 5.82 Å². The Morgan fingerprint density at radius 2 is 1.70 bits per heavy atom. The van der Waals surface area contributed by atoms with Gasteiger partial charge < -0.3 is 0 Å². The van der Waals surface area contributed by atoms with Gasteiger partial charge in [-0.15, -0.1) is 11.8 Å². The van der Waals surface area contributed by atoms with E-state index in [1.165, 1.54) is 17.8 Å². The molecule has 0 unspecified atom stereocenters. The molecule has 0 aliphatic heterocycles. The first-order valence-electron chi connectivity index (χ1n) is 5.54. The summed E-state index contributed by atoms with van der Waals surface area (Å²) in [7, 11) is 0. The van der Waals surface area contributed by atoms with Crippen molar-refractivity contribution in [2.24, 2.45) is 0 Å². The zero-order valence-corrected chi connectivity index (χ0v) is 14.0. The van der Waals surface area contributed by atoms with Gasteiger partial charge in [0.25, 0.3) is 0 Å². The lowest BCUT2D eigenvalue weighted by Gasteiger charge is -2.06. The highest BCUT2D eigenvalue weighted by Gasteiger charge is 2.19. The maximum absolute atomic E-state index is 13.8. The summed E-state index contributed by atoms with van der Waals surface area (Å²) in [6.07, 6.45) is 0. The number of hydrogen-bond acceptors (Lipinski definition) is 2. The van der Waals surface area contributed by atoms with E-state index in [0.717, 1.165) is 15.4 Å². The maximum Gasteiger partial charge on any atom is 0.179 e. The third-order valence-electron chi connectivity index (χ3n) is 2.51. The first kappa shape index (κ1) is 15.7. The Morgan fingerprint density at radius 3 is 2.35 bits per heavy atom. The molecule has 0 aliphatic rings. The van der Waals surface area contributed by atoms with Gasteiger partial charge in [-0.3, -0.25) is 4.79 Å². The van der Waals surface area contributed by atoms with E-state index in [1.54, 1.807) is 0 Å². The summed E-state index contributed by atoms with van der Waals surface area (Å²) in [5, 5.41) is 0. The minimum atomic E-state index is -0.855. The van der Waals surface area contributed by atoms with Crippen LogP contribution in [0.15, 0.2) is 50.2 Å². The SMILES string of the molecule is O=C(CSc1ccc(Br)cc1)c1c(F)ccc(Br)c1F. The van der Waals surface area contributed by atoms with Crippen molar-refractivity contribution >= 4 is 49.4 Å². The molecule has 0 N–H and O–H groups in total. The van der Waals surface area contributed by atoms with Crippen molar-refractivity contribution in [2.45, 2.75) is 4.90 Å². The average Bonchev–Trinajstić information content (AvgIpc) is 2.43. The monoisotopic (exact) mass is 420 g/mol. The third-order valence-corrected chi connectivity index (χ3v) is 4.66. The molecule has 0 heterocycles. The van der Waals surface area contributed by atoms with Crippen LogP contribution < -0.4 is 0 Å². The molecule has 6 heteroatoms. The summed E-state index contributed by atoms with van der Waals surface area (Å²) >= 11 is 7.49. The summed E-state index contributed by atoms with van der Waals surface area (Å²) in [4.78, 5) is 12.8. The summed E-state index contributed by atoms with van der Waals surface area (Å²) in [6, 6.07) is 9.65. The predicted octanol–water partition coefficient (Wildman–Crippen LogP) is 5.46. The number of benzene rings is 2. The van der Waals surface area contributed by atoms with Gasteiger partial charge in [-0.1, -0.05) is 15.9 Å². The Balaban J connectivity index is 2.13. The maximum atomic E-state index is 13.8. The van der Waals surface area contributed by atoms with Crippen LogP contribution in [0.25, 0.3) is 0 Å². The Kier molecular flexibility index (Phi) is 5.35. The highest BCUT2D eigenvalue weighted by Crippen LogP contribution is 2.25. The first-order chi connectivity index (χ1) is 9.49. The molecule has 0 aliphatic carbocycles. The van der Waals surface area contributed by atoms with E-state index in [2.05, 4.69) is 31.9 Å². The normalized spacial score (nSPS) is 10.6. The van der Waals surface area contributed by atoms with E-state index in [1.807, 2.05) is 24.3 Å². The fourth-order valence-electron chi connectivity index (χ4n) is 1.53. The van der Waals surface area contributed by atoms with Gasteiger partial charge in [-0.05, 0) is 52.3 Å². The van der Waals surface area contributed by atoms with Crippen molar-refractivity contribution in [2.75, 3.05) is 5.75 Å². The molecule has 1 nitrogen and oxygen atoms in total. The zero-order chi connectivity index (χ0) is 14.7. The van der Waals surface area contributed by atoms with Crippen molar-refractivity contribution in [1.29, 1.82) is 0 Å². The molecule has 104 valence electrons. The van der Waals surface area contributed by atoms with Crippen LogP contribution >= 0.6 is 43.6 Å². The first-order valence-corrected chi connectivity index (χ1v) is 8.11. The van der Waals surface area contributed by atoms with Gasteiger partial charge >= 0.3 is 0 Å². The van der Waals surface area contributed by atoms with Crippen LogP contribution in [0.1, 0.15) is 10.4 Å². The van der Waals surface area contributed by atoms with E-state index in [-0.39, 0.29) is 10.2 Å². The zero-order valence-electron chi connectivity index (χ0n) is 10.00. The smallest absolute Gasteiger partial charge is 0.179 e. The molecular weight excluding hydrogens is 414 g/mol. The molecule has 0 atom stereocenters. The van der Waals surface area contributed by atoms with Crippen LogP contribution in [0.3, 0.4) is 0 Å². The number of Topliss-reactive ketones (excluding diaryl/α,β-unsaturated/α-hetero) is 1. The van der Waals surface area contributed by atoms with Gasteiger partial charge in [-0.2, -0.15) is 0 Å². The quantitative estimate of drug-likeness (QED) is 0.370. The predicted molar refractivity (Wildman–Crippen MR) is 83.3 cm³/mol. The number of hydrogen-bond donors (Lipinski definition) is 0. The highest BCUT2D eigenvalue weighted by atomic mass is 79.9. The average molecular weight is 422 g/mol. The van der Waals surface area contributed by atoms with E-state index in [9.17, 15) is 13.6 Å². The number of ketones is 1. The van der Waals surface area contributed by atoms with E-state index in [4.69, 9.17) is 0 Å². The van der Waals surface area contributed by atoms with Crippen molar-refractivity contribution in [1.82, 2.24) is 0 Å². The molecule has 0 radical (unpaired) electrons. The van der Waals surface area contributed by atoms with Crippen molar-refractivity contribution in [3.63, 3.8) is 0 Å². The molecule has 2 rings (SSSR count). The summed E-state index contributed by atoms with van der Waals surface area (Å²) in [5.41, 5.74) is -0.496. The fourth-order valence-corrected chi connectivity index (χ4v) is 2.90. The van der Waals surface area contributed by atoms with Gasteiger partial charge in [0, 0.05) is 9.37 Å². The lowest BCUT2D eigenvalue weighted by atomic mass is 10.1. The van der Waals surface area contributed by atoms with Gasteiger partial charge in [-0.25, -0.2) is 8.78 Å². The minimum absolute atomic E-state index is 0.0219. The summed E-state index contributed by atoms with van der Waals surface area (Å²) in [6.45, 7) is 0. The van der Waals surface area contributed by atoms with Gasteiger partial charge in [0.05, 0.1) is 15.8 Å².